The van der Waals surface area contributed by atoms with E-state index >= 15 is 0 Å². The van der Waals surface area contributed by atoms with Crippen LogP contribution in [0.1, 0.15) is 0 Å². The number of hydrogen-bond donors (Lipinski definition) is 1. The fraction of sp³-hybridized carbons (Fsp3) is 0. The van der Waals surface area contributed by atoms with E-state index in [0.717, 1.165) is 17.8 Å². The maximum absolute atomic E-state index is 11.2. The first-order valence-electron chi connectivity index (χ1n) is 5.78. The number of halogens is 2. The Bertz CT molecular complexity index is 844. The van der Waals surface area contributed by atoms with Crippen molar-refractivity contribution in [2.45, 2.75) is 9.79 Å². The van der Waals surface area contributed by atoms with Gasteiger partial charge in [-0.3, -0.25) is 20.2 Å². The van der Waals surface area contributed by atoms with Gasteiger partial charge < -0.3 is 5.32 Å². The summed E-state index contributed by atoms with van der Waals surface area (Å²) in [5.74, 6) is 0. The van der Waals surface area contributed by atoms with Crippen molar-refractivity contribution in [1.82, 2.24) is 0 Å². The summed E-state index contributed by atoms with van der Waals surface area (Å²) >= 11 is 13.2. The van der Waals surface area contributed by atoms with Gasteiger partial charge in [0.1, 0.15) is 5.69 Å². The summed E-state index contributed by atoms with van der Waals surface area (Å²) < 4.78 is 0. The molecule has 3 rings (SSSR count). The van der Waals surface area contributed by atoms with Crippen LogP contribution >= 0.6 is 35.0 Å². The van der Waals surface area contributed by atoms with Gasteiger partial charge in [-0.15, -0.1) is 0 Å². The molecule has 112 valence electrons. The molecule has 0 amide bonds. The van der Waals surface area contributed by atoms with Gasteiger partial charge in [-0.25, -0.2) is 0 Å². The Morgan fingerprint density at radius 3 is 2.36 bits per heavy atom. The number of rotatable bonds is 2. The molecule has 0 saturated carbocycles. The number of benzene rings is 2. The third-order valence-electron chi connectivity index (χ3n) is 3.00. The molecule has 0 bridgehead atoms. The van der Waals surface area contributed by atoms with Crippen LogP contribution in [-0.2, 0) is 0 Å². The lowest BCUT2D eigenvalue weighted by molar-refractivity contribution is -0.393. The van der Waals surface area contributed by atoms with Crippen LogP contribution < -0.4 is 5.32 Å². The van der Waals surface area contributed by atoms with E-state index in [2.05, 4.69) is 5.32 Å². The number of nitro benzene ring substituents is 2. The van der Waals surface area contributed by atoms with Crippen LogP contribution in [0.4, 0.5) is 22.7 Å². The smallest absolute Gasteiger partial charge is 0.300 e. The molecule has 0 fully saturated rings. The highest BCUT2D eigenvalue weighted by atomic mass is 35.5. The van der Waals surface area contributed by atoms with Crippen molar-refractivity contribution in [3.63, 3.8) is 0 Å². The number of nitrogens with zero attached hydrogens (tertiary/aromatic N) is 2. The van der Waals surface area contributed by atoms with E-state index in [4.69, 9.17) is 23.2 Å². The van der Waals surface area contributed by atoms with Crippen LogP contribution in [0.3, 0.4) is 0 Å². The number of non-ortho nitro benzene ring substituents is 1. The molecular formula is C12H5Cl2N3O4S. The van der Waals surface area contributed by atoms with Crippen molar-refractivity contribution < 1.29 is 9.85 Å². The lowest BCUT2D eigenvalue weighted by Crippen LogP contribution is -2.05. The molecular weight excluding hydrogens is 353 g/mol. The fourth-order valence-corrected chi connectivity index (χ4v) is 3.51. The monoisotopic (exact) mass is 357 g/mol. The summed E-state index contributed by atoms with van der Waals surface area (Å²) in [6, 6.07) is 5.48. The van der Waals surface area contributed by atoms with Crippen LogP contribution in [0.5, 0.6) is 0 Å². The Morgan fingerprint density at radius 2 is 1.73 bits per heavy atom. The Morgan fingerprint density at radius 1 is 1.00 bits per heavy atom. The van der Waals surface area contributed by atoms with Crippen LogP contribution in [0.25, 0.3) is 0 Å². The molecule has 0 atom stereocenters. The molecule has 2 aromatic carbocycles. The van der Waals surface area contributed by atoms with Gasteiger partial charge in [0.2, 0.25) is 0 Å². The minimum absolute atomic E-state index is 0.164. The Kier molecular flexibility index (Phi) is 3.59. The maximum atomic E-state index is 11.2. The molecule has 22 heavy (non-hydrogen) atoms. The number of hydrogen-bond acceptors (Lipinski definition) is 6. The van der Waals surface area contributed by atoms with Gasteiger partial charge >= 0.3 is 5.69 Å². The molecule has 7 nitrogen and oxygen atoms in total. The quantitative estimate of drug-likeness (QED) is 0.510. The maximum Gasteiger partial charge on any atom is 0.300 e. The second-order valence-corrected chi connectivity index (χ2v) is 6.18. The molecule has 0 unspecified atom stereocenters. The Balaban J connectivity index is 2.21. The lowest BCUT2D eigenvalue weighted by Gasteiger charge is -2.21. The zero-order chi connectivity index (χ0) is 16.0. The van der Waals surface area contributed by atoms with E-state index in [1.807, 2.05) is 0 Å². The molecule has 10 heteroatoms. The summed E-state index contributed by atoms with van der Waals surface area (Å²) in [4.78, 5) is 21.8. The third-order valence-corrected chi connectivity index (χ3v) is 4.91. The molecule has 0 radical (unpaired) electrons. The van der Waals surface area contributed by atoms with Crippen molar-refractivity contribution in [2.24, 2.45) is 0 Å². The molecule has 0 spiro atoms. The van der Waals surface area contributed by atoms with Crippen LogP contribution in [0.2, 0.25) is 10.0 Å². The summed E-state index contributed by atoms with van der Waals surface area (Å²) in [5, 5.41) is 25.5. The Labute approximate surface area is 137 Å². The second kappa shape index (κ2) is 5.31. The average Bonchev–Trinajstić information content (AvgIpc) is 2.48. The van der Waals surface area contributed by atoms with E-state index in [0.29, 0.717) is 20.5 Å². The fourth-order valence-electron chi connectivity index (χ4n) is 2.02. The van der Waals surface area contributed by atoms with Crippen molar-refractivity contribution in [3.05, 3.63) is 54.5 Å². The first-order chi connectivity index (χ1) is 10.4. The molecule has 2 aromatic rings. The molecule has 0 aromatic heterocycles. The normalized spacial score (nSPS) is 12.1. The first kappa shape index (κ1) is 14.9. The standard InChI is InChI=1S/C12H5Cl2N3O4S/c13-6-1-2-8-12(10(6)14)15-11-7(17(20)21)3-5(16(18)19)4-9(11)22-8/h1-4,15H. The molecule has 1 aliphatic rings. The van der Waals surface area contributed by atoms with Crippen LogP contribution in [-0.4, -0.2) is 9.85 Å². The highest BCUT2D eigenvalue weighted by molar-refractivity contribution is 7.99. The van der Waals surface area contributed by atoms with Gasteiger partial charge in [-0.2, -0.15) is 0 Å². The number of nitrogens with one attached hydrogen (secondary N) is 1. The predicted molar refractivity (Wildman–Crippen MR) is 83.6 cm³/mol. The van der Waals surface area contributed by atoms with Gasteiger partial charge in [0, 0.05) is 15.9 Å². The van der Waals surface area contributed by atoms with Gasteiger partial charge in [0.05, 0.1) is 31.6 Å². The van der Waals surface area contributed by atoms with E-state index in [-0.39, 0.29) is 16.4 Å². The summed E-state index contributed by atoms with van der Waals surface area (Å²) in [6.07, 6.45) is 0. The van der Waals surface area contributed by atoms with Gasteiger partial charge in [-0.1, -0.05) is 35.0 Å². The average molecular weight is 358 g/mol. The SMILES string of the molecule is O=[N+]([O-])c1cc2c(c([N+](=O)[O-])c1)Nc1c(ccc(Cl)c1Cl)S2. The lowest BCUT2D eigenvalue weighted by atomic mass is 10.2. The summed E-state index contributed by atoms with van der Waals surface area (Å²) in [5.41, 5.74) is -0.123. The van der Waals surface area contributed by atoms with Crippen molar-refractivity contribution >= 4 is 57.7 Å². The highest BCUT2D eigenvalue weighted by Gasteiger charge is 2.29. The van der Waals surface area contributed by atoms with Crippen molar-refractivity contribution in [3.8, 4) is 0 Å². The van der Waals surface area contributed by atoms with Gasteiger partial charge in [0.15, 0.2) is 0 Å². The highest BCUT2D eigenvalue weighted by Crippen LogP contribution is 2.52. The van der Waals surface area contributed by atoms with E-state index < -0.39 is 15.5 Å². The minimum atomic E-state index is -0.678. The number of nitro groups is 2. The number of fused-ring (bicyclic) bond motifs is 2. The zero-order valence-corrected chi connectivity index (χ0v) is 12.8. The molecule has 0 saturated heterocycles. The third kappa shape index (κ3) is 2.35. The van der Waals surface area contributed by atoms with Crippen molar-refractivity contribution in [2.75, 3.05) is 5.32 Å². The molecule has 1 N–H and O–H groups in total. The molecule has 1 aliphatic heterocycles. The van der Waals surface area contributed by atoms with Crippen LogP contribution in [0, 0.1) is 20.2 Å². The summed E-state index contributed by atoms with van der Waals surface area (Å²) in [7, 11) is 0. The molecule has 1 heterocycles. The minimum Gasteiger partial charge on any atom is -0.347 e. The Hall–Kier alpha value is -2.03. The van der Waals surface area contributed by atoms with Gasteiger partial charge in [0.25, 0.3) is 5.69 Å². The molecule has 0 aliphatic carbocycles. The summed E-state index contributed by atoms with van der Waals surface area (Å²) in [6.45, 7) is 0. The van der Waals surface area contributed by atoms with Gasteiger partial charge in [-0.05, 0) is 12.1 Å². The topological polar surface area (TPSA) is 98.3 Å². The largest absolute Gasteiger partial charge is 0.347 e. The van der Waals surface area contributed by atoms with E-state index in [9.17, 15) is 20.2 Å². The van der Waals surface area contributed by atoms with E-state index in [1.54, 1.807) is 12.1 Å². The predicted octanol–water partition coefficient (Wildman–Crippen LogP) is 5.02. The van der Waals surface area contributed by atoms with Crippen LogP contribution in [0.15, 0.2) is 34.1 Å². The van der Waals surface area contributed by atoms with E-state index in [1.165, 1.54) is 6.07 Å². The first-order valence-corrected chi connectivity index (χ1v) is 7.35. The second-order valence-electron chi connectivity index (χ2n) is 4.31. The number of anilines is 2. The van der Waals surface area contributed by atoms with Crippen molar-refractivity contribution in [1.29, 1.82) is 0 Å². The zero-order valence-electron chi connectivity index (χ0n) is 10.5.